The Morgan fingerprint density at radius 3 is 2.50 bits per heavy atom. The first-order chi connectivity index (χ1) is 14.4. The number of nitrogens with zero attached hydrogens (tertiary/aromatic N) is 2. The summed E-state index contributed by atoms with van der Waals surface area (Å²) in [5.41, 5.74) is 2.21. The van der Waals surface area contributed by atoms with E-state index >= 15 is 0 Å². The minimum absolute atomic E-state index is 0.0927. The number of nitrogens with one attached hydrogen (secondary N) is 1. The SMILES string of the molecule is CCCNC(=O)[C@H](CC)N(Cc1cccc(C)c1)C(=O)Cc1ccccc1[N+](=O)[O-]. The second-order valence-electron chi connectivity index (χ2n) is 7.29. The molecule has 0 aliphatic heterocycles. The van der Waals surface area contributed by atoms with Crippen LogP contribution in [0.15, 0.2) is 48.5 Å². The van der Waals surface area contributed by atoms with Crippen LogP contribution in [0.3, 0.4) is 0 Å². The first kappa shape index (κ1) is 23.1. The number of aryl methyl sites for hydroxylation is 1. The van der Waals surface area contributed by atoms with Crippen molar-refractivity contribution in [3.63, 3.8) is 0 Å². The highest BCUT2D eigenvalue weighted by Gasteiger charge is 2.29. The van der Waals surface area contributed by atoms with Gasteiger partial charge in [0.15, 0.2) is 0 Å². The molecule has 0 saturated heterocycles. The van der Waals surface area contributed by atoms with Gasteiger partial charge in [-0.05, 0) is 25.3 Å². The minimum atomic E-state index is -0.646. The summed E-state index contributed by atoms with van der Waals surface area (Å²) >= 11 is 0. The number of hydrogen-bond acceptors (Lipinski definition) is 4. The highest BCUT2D eigenvalue weighted by molar-refractivity contribution is 5.88. The van der Waals surface area contributed by atoms with Crippen LogP contribution in [0, 0.1) is 17.0 Å². The van der Waals surface area contributed by atoms with E-state index in [-0.39, 0.29) is 30.5 Å². The van der Waals surface area contributed by atoms with Gasteiger partial charge >= 0.3 is 0 Å². The number of hydrogen-bond donors (Lipinski definition) is 1. The van der Waals surface area contributed by atoms with Crippen LogP contribution in [-0.2, 0) is 22.6 Å². The van der Waals surface area contributed by atoms with E-state index in [2.05, 4.69) is 5.32 Å². The zero-order valence-electron chi connectivity index (χ0n) is 17.8. The Bertz CT molecular complexity index is 898. The normalized spacial score (nSPS) is 11.6. The molecule has 0 fully saturated rings. The lowest BCUT2D eigenvalue weighted by atomic mass is 10.0. The summed E-state index contributed by atoms with van der Waals surface area (Å²) in [5, 5.41) is 14.2. The van der Waals surface area contributed by atoms with Crippen LogP contribution in [0.1, 0.15) is 43.4 Å². The number of carbonyl (C=O) groups excluding carboxylic acids is 2. The second-order valence-corrected chi connectivity index (χ2v) is 7.29. The molecule has 1 atom stereocenters. The van der Waals surface area contributed by atoms with Gasteiger partial charge in [-0.25, -0.2) is 0 Å². The molecule has 30 heavy (non-hydrogen) atoms. The van der Waals surface area contributed by atoms with Crippen molar-refractivity contribution >= 4 is 17.5 Å². The van der Waals surface area contributed by atoms with Crippen LogP contribution in [-0.4, -0.2) is 34.2 Å². The molecule has 0 spiro atoms. The molecule has 7 nitrogen and oxygen atoms in total. The predicted octanol–water partition coefficient (Wildman–Crippen LogP) is 3.78. The highest BCUT2D eigenvalue weighted by Crippen LogP contribution is 2.21. The monoisotopic (exact) mass is 411 g/mol. The molecule has 2 aromatic rings. The van der Waals surface area contributed by atoms with Crippen molar-refractivity contribution < 1.29 is 14.5 Å². The maximum absolute atomic E-state index is 13.3. The van der Waals surface area contributed by atoms with E-state index in [1.165, 1.54) is 11.0 Å². The van der Waals surface area contributed by atoms with E-state index < -0.39 is 11.0 Å². The maximum Gasteiger partial charge on any atom is 0.273 e. The van der Waals surface area contributed by atoms with Crippen LogP contribution in [0.25, 0.3) is 0 Å². The summed E-state index contributed by atoms with van der Waals surface area (Å²) in [6.45, 7) is 6.59. The van der Waals surface area contributed by atoms with Crippen molar-refractivity contribution in [3.05, 3.63) is 75.3 Å². The van der Waals surface area contributed by atoms with Crippen LogP contribution in [0.4, 0.5) is 5.69 Å². The Hall–Kier alpha value is -3.22. The molecule has 0 unspecified atom stereocenters. The molecular weight excluding hydrogens is 382 g/mol. The molecule has 160 valence electrons. The van der Waals surface area contributed by atoms with Gasteiger partial charge in [0.05, 0.1) is 11.3 Å². The lowest BCUT2D eigenvalue weighted by Crippen LogP contribution is -2.49. The molecular formula is C23H29N3O4. The standard InChI is InChI=1S/C23H29N3O4/c1-4-13-24-23(28)20(5-2)25(16-18-10-8-9-17(3)14-18)22(27)15-19-11-6-7-12-21(19)26(29)30/h6-12,14,20H,4-5,13,15-16H2,1-3H3,(H,24,28)/t20-/m0/s1. The van der Waals surface area contributed by atoms with Crippen LogP contribution >= 0.6 is 0 Å². The second kappa shape index (κ2) is 11.1. The summed E-state index contributed by atoms with van der Waals surface area (Å²) in [7, 11) is 0. The van der Waals surface area contributed by atoms with Gasteiger partial charge in [0.2, 0.25) is 11.8 Å². The summed E-state index contributed by atoms with van der Waals surface area (Å²) in [5.74, 6) is -0.521. The third kappa shape index (κ3) is 6.14. The number of amides is 2. The minimum Gasteiger partial charge on any atom is -0.354 e. The Morgan fingerprint density at radius 1 is 1.13 bits per heavy atom. The van der Waals surface area contributed by atoms with E-state index in [4.69, 9.17) is 0 Å². The van der Waals surface area contributed by atoms with Crippen LogP contribution in [0.2, 0.25) is 0 Å². The van der Waals surface area contributed by atoms with Crippen molar-refractivity contribution in [3.8, 4) is 0 Å². The average molecular weight is 412 g/mol. The van der Waals surface area contributed by atoms with E-state index in [0.29, 0.717) is 18.5 Å². The van der Waals surface area contributed by atoms with E-state index in [0.717, 1.165) is 17.5 Å². The molecule has 0 heterocycles. The molecule has 7 heteroatoms. The smallest absolute Gasteiger partial charge is 0.273 e. The van der Waals surface area contributed by atoms with Gasteiger partial charge in [0.1, 0.15) is 6.04 Å². The molecule has 0 aliphatic rings. The van der Waals surface area contributed by atoms with Gasteiger partial charge in [-0.1, -0.05) is 61.9 Å². The first-order valence-electron chi connectivity index (χ1n) is 10.2. The van der Waals surface area contributed by atoms with Gasteiger partial charge in [-0.15, -0.1) is 0 Å². The average Bonchev–Trinajstić information content (AvgIpc) is 2.72. The van der Waals surface area contributed by atoms with Crippen molar-refractivity contribution in [2.75, 3.05) is 6.54 Å². The number of carbonyl (C=O) groups is 2. The molecule has 0 aromatic heterocycles. The molecule has 0 aliphatic carbocycles. The lowest BCUT2D eigenvalue weighted by molar-refractivity contribution is -0.385. The summed E-state index contributed by atoms with van der Waals surface area (Å²) < 4.78 is 0. The number of nitro groups is 1. The zero-order chi connectivity index (χ0) is 22.1. The van der Waals surface area contributed by atoms with Gasteiger partial charge in [-0.2, -0.15) is 0 Å². The molecule has 2 rings (SSSR count). The van der Waals surface area contributed by atoms with Gasteiger partial charge < -0.3 is 10.2 Å². The fraction of sp³-hybridized carbons (Fsp3) is 0.391. The summed E-state index contributed by atoms with van der Waals surface area (Å²) in [6.07, 6.45) is 1.11. The molecule has 0 saturated carbocycles. The summed E-state index contributed by atoms with van der Waals surface area (Å²) in [4.78, 5) is 38.4. The number of benzene rings is 2. The number of rotatable bonds is 10. The number of para-hydroxylation sites is 1. The van der Waals surface area contributed by atoms with E-state index in [1.807, 2.05) is 45.0 Å². The third-order valence-electron chi connectivity index (χ3n) is 4.90. The van der Waals surface area contributed by atoms with Crippen molar-refractivity contribution in [1.82, 2.24) is 10.2 Å². The van der Waals surface area contributed by atoms with Crippen LogP contribution in [0.5, 0.6) is 0 Å². The van der Waals surface area contributed by atoms with Crippen LogP contribution < -0.4 is 5.32 Å². The molecule has 1 N–H and O–H groups in total. The fourth-order valence-electron chi connectivity index (χ4n) is 3.40. The predicted molar refractivity (Wildman–Crippen MR) is 116 cm³/mol. The Labute approximate surface area is 177 Å². The molecule has 0 bridgehead atoms. The fourth-order valence-corrected chi connectivity index (χ4v) is 3.40. The van der Waals surface area contributed by atoms with Crippen molar-refractivity contribution in [1.29, 1.82) is 0 Å². The molecule has 0 radical (unpaired) electrons. The quantitative estimate of drug-likeness (QED) is 0.476. The van der Waals surface area contributed by atoms with Gasteiger partial charge in [-0.3, -0.25) is 19.7 Å². The Balaban J connectivity index is 2.35. The maximum atomic E-state index is 13.3. The third-order valence-corrected chi connectivity index (χ3v) is 4.90. The van der Waals surface area contributed by atoms with Gasteiger partial charge in [0, 0.05) is 24.7 Å². The largest absolute Gasteiger partial charge is 0.354 e. The highest BCUT2D eigenvalue weighted by atomic mass is 16.6. The number of nitro benzene ring substituents is 1. The lowest BCUT2D eigenvalue weighted by Gasteiger charge is -2.31. The molecule has 2 aromatic carbocycles. The Kier molecular flexibility index (Phi) is 8.53. The zero-order valence-corrected chi connectivity index (χ0v) is 17.8. The molecule has 2 amide bonds. The summed E-state index contributed by atoms with van der Waals surface area (Å²) in [6, 6.07) is 13.3. The first-order valence-corrected chi connectivity index (χ1v) is 10.2. The van der Waals surface area contributed by atoms with E-state index in [9.17, 15) is 19.7 Å². The Morgan fingerprint density at radius 2 is 1.87 bits per heavy atom. The topological polar surface area (TPSA) is 92.6 Å². The van der Waals surface area contributed by atoms with Crippen molar-refractivity contribution in [2.45, 2.75) is 52.6 Å². The van der Waals surface area contributed by atoms with Gasteiger partial charge in [0.25, 0.3) is 5.69 Å². The van der Waals surface area contributed by atoms with Crippen molar-refractivity contribution in [2.24, 2.45) is 0 Å². The van der Waals surface area contributed by atoms with E-state index in [1.54, 1.807) is 18.2 Å².